The summed E-state index contributed by atoms with van der Waals surface area (Å²) >= 11 is 4.24. The lowest BCUT2D eigenvalue weighted by Crippen LogP contribution is -2.37. The summed E-state index contributed by atoms with van der Waals surface area (Å²) in [4.78, 5) is 30.9. The van der Waals surface area contributed by atoms with E-state index in [0.29, 0.717) is 31.6 Å². The van der Waals surface area contributed by atoms with Crippen molar-refractivity contribution in [3.63, 3.8) is 0 Å². The van der Waals surface area contributed by atoms with Crippen molar-refractivity contribution >= 4 is 31.2 Å². The first-order valence-electron chi connectivity index (χ1n) is 12.6. The highest BCUT2D eigenvalue weighted by Crippen LogP contribution is 2.29. The number of rotatable bonds is 17. The molecule has 0 radical (unpaired) electrons. The lowest BCUT2D eigenvalue weighted by atomic mass is 10.0. The second kappa shape index (κ2) is 18.0. The van der Waals surface area contributed by atoms with E-state index in [1.807, 2.05) is 47.2 Å². The van der Waals surface area contributed by atoms with Crippen molar-refractivity contribution in [3.8, 4) is 5.75 Å². The van der Waals surface area contributed by atoms with Crippen molar-refractivity contribution in [2.24, 2.45) is 0 Å². The highest BCUT2D eigenvalue weighted by Gasteiger charge is 2.19. The molecule has 0 saturated heterocycles. The van der Waals surface area contributed by atoms with E-state index in [1.54, 1.807) is 11.0 Å². The number of carbonyl (C=O) groups is 2. The van der Waals surface area contributed by atoms with Crippen LogP contribution >= 0.6 is 12.6 Å². The van der Waals surface area contributed by atoms with Gasteiger partial charge in [0.25, 0.3) is 0 Å². The number of thiol groups is 1. The van der Waals surface area contributed by atoms with Crippen molar-refractivity contribution in [1.29, 1.82) is 0 Å². The average molecular weight is 523 g/mol. The Kier molecular flexibility index (Phi) is 15.9. The normalized spacial score (nSPS) is 11.9. The fraction of sp³-hybridized carbons (Fsp3) is 0.654. The van der Waals surface area contributed by atoms with E-state index in [1.165, 1.54) is 0 Å². The van der Waals surface area contributed by atoms with Crippen LogP contribution in [0.5, 0.6) is 5.75 Å². The molecule has 0 saturated carbocycles. The van der Waals surface area contributed by atoms with E-state index in [0.717, 1.165) is 62.1 Å². The molecule has 2 amide bonds. The summed E-state index contributed by atoms with van der Waals surface area (Å²) < 4.78 is 11.3. The van der Waals surface area contributed by atoms with E-state index >= 15 is 0 Å². The van der Waals surface area contributed by atoms with Crippen LogP contribution in [0, 0.1) is 6.92 Å². The summed E-state index contributed by atoms with van der Waals surface area (Å²) in [7, 11) is 8.07. The monoisotopic (exact) mass is 522 g/mol. The molecule has 1 atom stereocenters. The molecule has 1 aromatic rings. The second-order valence-electron chi connectivity index (χ2n) is 9.43. The van der Waals surface area contributed by atoms with E-state index in [9.17, 15) is 9.59 Å². The van der Waals surface area contributed by atoms with Gasteiger partial charge in [-0.3, -0.25) is 4.79 Å². The van der Waals surface area contributed by atoms with Crippen molar-refractivity contribution < 1.29 is 19.1 Å². The number of nitrogens with zero attached hydrogens (tertiary/aromatic N) is 4. The highest BCUT2D eigenvalue weighted by atomic mass is 32.1. The van der Waals surface area contributed by atoms with Gasteiger partial charge in [-0.25, -0.2) is 4.79 Å². The zero-order valence-corrected chi connectivity index (χ0v) is 23.4. The van der Waals surface area contributed by atoms with E-state index in [2.05, 4.69) is 27.7 Å². The van der Waals surface area contributed by atoms with Gasteiger partial charge in [-0.05, 0) is 109 Å². The Balaban J connectivity index is 2.92. The summed E-state index contributed by atoms with van der Waals surface area (Å²) in [6, 6.07) is 5.45. The topological polar surface area (TPSA) is 96.6 Å². The van der Waals surface area contributed by atoms with Gasteiger partial charge in [-0.2, -0.15) is 12.6 Å². The molecule has 0 bridgehead atoms. The second-order valence-corrected chi connectivity index (χ2v) is 9.88. The molecule has 10 heteroatoms. The maximum atomic E-state index is 13.0. The average Bonchev–Trinajstić information content (AvgIpc) is 2.81. The molecular formula is C26H44N5O4S-. The Labute approximate surface area is 222 Å². The third kappa shape index (κ3) is 13.1. The summed E-state index contributed by atoms with van der Waals surface area (Å²) in [5, 5.41) is 11.0. The minimum atomic E-state index is -0.726. The Bertz CT molecular complexity index is 793. The van der Waals surface area contributed by atoms with Gasteiger partial charge in [-0.1, -0.05) is 18.8 Å². The number of hydrogen-bond acceptors (Lipinski definition) is 7. The van der Waals surface area contributed by atoms with Crippen LogP contribution in [0.1, 0.15) is 55.8 Å². The zero-order chi connectivity index (χ0) is 26.9. The third-order valence-electron chi connectivity index (χ3n) is 5.65. The molecule has 0 fully saturated rings. The fourth-order valence-corrected chi connectivity index (χ4v) is 3.95. The molecule has 1 aromatic carbocycles. The Morgan fingerprint density at radius 3 is 2.17 bits per heavy atom. The number of nitrogens with one attached hydrogen (secondary N) is 1. The smallest absolute Gasteiger partial charge is 0.415 e. The van der Waals surface area contributed by atoms with Crippen LogP contribution in [-0.2, 0) is 4.74 Å². The highest BCUT2D eigenvalue weighted by molar-refractivity contribution is 7.80. The minimum Gasteiger partial charge on any atom is -0.472 e. The number of amides is 2. The summed E-state index contributed by atoms with van der Waals surface area (Å²) in [6.07, 6.45) is 4.17. The minimum absolute atomic E-state index is 0.360. The molecule has 0 spiro atoms. The van der Waals surface area contributed by atoms with Crippen LogP contribution in [0.15, 0.2) is 18.2 Å². The molecular weight excluding hydrogens is 478 g/mol. The van der Waals surface area contributed by atoms with Gasteiger partial charge in [0.2, 0.25) is 0 Å². The molecule has 9 nitrogen and oxygen atoms in total. The largest absolute Gasteiger partial charge is 0.472 e. The van der Waals surface area contributed by atoms with E-state index in [4.69, 9.17) is 14.9 Å². The summed E-state index contributed by atoms with van der Waals surface area (Å²) in [6.45, 7) is 4.90. The van der Waals surface area contributed by atoms with Crippen LogP contribution in [0.2, 0.25) is 0 Å². The number of unbranched alkanes of at least 4 members (excludes halogenated alkanes) is 2. The van der Waals surface area contributed by atoms with Crippen LogP contribution in [0.25, 0.3) is 5.41 Å². The fourth-order valence-electron chi connectivity index (χ4n) is 3.72. The first-order valence-corrected chi connectivity index (χ1v) is 13.2. The van der Waals surface area contributed by atoms with Gasteiger partial charge < -0.3 is 34.9 Å². The Morgan fingerprint density at radius 2 is 1.64 bits per heavy atom. The maximum Gasteiger partial charge on any atom is 0.415 e. The summed E-state index contributed by atoms with van der Waals surface area (Å²) in [5.41, 5.74) is 1.58. The molecule has 204 valence electrons. The Morgan fingerprint density at radius 1 is 1.00 bits per heavy atom. The quantitative estimate of drug-likeness (QED) is 0.135. The molecule has 1 N–H and O–H groups in total. The van der Waals surface area contributed by atoms with E-state index in [-0.39, 0.29) is 6.09 Å². The van der Waals surface area contributed by atoms with Crippen LogP contribution in [0.4, 0.5) is 9.59 Å². The zero-order valence-electron chi connectivity index (χ0n) is 22.5. The number of ether oxygens (including phenoxy) is 2. The van der Waals surface area contributed by atoms with Crippen molar-refractivity contribution in [2.45, 2.75) is 51.6 Å². The predicted molar refractivity (Wildman–Crippen MR) is 149 cm³/mol. The molecule has 0 aliphatic rings. The number of carbonyl (C=O) groups excluding carboxylic acids is 2. The number of benzene rings is 1. The SMILES string of the molecule is Cc1cc(C(CCCCCS)OC(=O)NC=[N-])ccc1OC(=O)N(CCCN(C)C)CCCN(C)C. The molecule has 1 rings (SSSR count). The molecule has 0 aliphatic heterocycles. The number of aryl methyl sites for hydroxylation is 1. The maximum absolute atomic E-state index is 13.0. The van der Waals surface area contributed by atoms with Crippen LogP contribution in [0.3, 0.4) is 0 Å². The molecule has 36 heavy (non-hydrogen) atoms. The van der Waals surface area contributed by atoms with Gasteiger partial charge >= 0.3 is 12.2 Å². The first-order chi connectivity index (χ1) is 17.2. The molecule has 1 unspecified atom stereocenters. The number of hydrogen-bond donors (Lipinski definition) is 2. The lowest BCUT2D eigenvalue weighted by molar-refractivity contribution is 0.0955. The van der Waals surface area contributed by atoms with E-state index < -0.39 is 12.2 Å². The third-order valence-corrected chi connectivity index (χ3v) is 5.97. The summed E-state index contributed by atoms with van der Waals surface area (Å²) in [5.74, 6) is 1.29. The number of alkyl carbamates (subject to hydrolysis) is 1. The van der Waals surface area contributed by atoms with Gasteiger partial charge in [0.05, 0.1) is 0 Å². The van der Waals surface area contributed by atoms with Crippen molar-refractivity contribution in [2.75, 3.05) is 60.1 Å². The first kappa shape index (κ1) is 31.7. The van der Waals surface area contributed by atoms with Crippen LogP contribution in [-0.4, -0.2) is 93.3 Å². The van der Waals surface area contributed by atoms with Gasteiger partial charge in [0, 0.05) is 13.1 Å². The van der Waals surface area contributed by atoms with Crippen molar-refractivity contribution in [1.82, 2.24) is 20.0 Å². The van der Waals surface area contributed by atoms with Crippen molar-refractivity contribution in [3.05, 3.63) is 34.7 Å². The molecule has 0 aromatic heterocycles. The predicted octanol–water partition coefficient (Wildman–Crippen LogP) is 4.55. The van der Waals surface area contributed by atoms with Gasteiger partial charge in [-0.15, -0.1) is 0 Å². The van der Waals surface area contributed by atoms with Gasteiger partial charge in [0.15, 0.2) is 0 Å². The Hall–Kier alpha value is -2.30. The molecule has 0 aliphatic carbocycles. The lowest BCUT2D eigenvalue weighted by Gasteiger charge is -2.24. The molecule has 0 heterocycles. The van der Waals surface area contributed by atoms with Gasteiger partial charge in [0.1, 0.15) is 11.9 Å². The standard InChI is InChI=1S/C26H44N5O4S/c1-21-19-22(24(11-7-6-8-18-36)34-25(32)28-20-27)12-13-23(21)35-26(33)31(16-9-14-29(2)3)17-10-15-30(4)5/h12-13,19-20,24H,6-11,14-18H2,1-5H3,(H2-,27,28,32,36)/q-1. The van der Waals surface area contributed by atoms with Crippen LogP contribution < -0.4 is 10.1 Å².